The molecular formula is C46H44Cl4N8O4U. The van der Waals surface area contributed by atoms with Crippen molar-refractivity contribution in [1.82, 2.24) is 19.8 Å². The van der Waals surface area contributed by atoms with Gasteiger partial charge in [-0.2, -0.15) is 0 Å². The third-order valence-electron chi connectivity index (χ3n) is 10.1. The Hall–Kier alpha value is -4.81. The number of benzene rings is 4. The predicted octanol–water partition coefficient (Wildman–Crippen LogP) is 10.5. The van der Waals surface area contributed by atoms with Crippen molar-refractivity contribution in [3.63, 3.8) is 0 Å². The van der Waals surface area contributed by atoms with E-state index in [1.165, 1.54) is 33.3 Å². The molecule has 0 atom stereocenters. The summed E-state index contributed by atoms with van der Waals surface area (Å²) in [5.41, 5.74) is 12.3. The molecule has 0 bridgehead atoms. The van der Waals surface area contributed by atoms with Gasteiger partial charge in [-0.25, -0.2) is 9.69 Å². The maximum atomic E-state index is 12.0. The van der Waals surface area contributed by atoms with Crippen LogP contribution in [0, 0.1) is 44.3 Å². The molecule has 8 rings (SSSR count). The number of ether oxygens (including phenoxy) is 2. The van der Waals surface area contributed by atoms with Crippen molar-refractivity contribution in [3.8, 4) is 11.5 Å². The number of nitrogens with zero attached hydrogens (tertiary/aromatic N) is 6. The standard InChI is InChI=1S/C23H21ClN4O2.C15H12ClN3O.C8H10ClNO.ClH.U/c1-14(29)28-9-8-21-18(13-28)23(17-11-16(25-2)5-6-20(17)27-21)26-12-15-4-7-22(30-3)19(24)10-15;1-9(20)19-6-5-14-12(8-19)15(16)11-7-10(17-2)3-4-13(11)18-14;1-11-8-3-2-6(5-10)4-7(8)9;;/h4-7,10-11H,8-9,12-13H2,1,3H3,(H,26,27);3-4,7H,5-6,8H2,1H3;2-4H,5,10H2,1H3;1H;/i12D2;;5D2;;. The second-order valence-electron chi connectivity index (χ2n) is 13.9. The van der Waals surface area contributed by atoms with Gasteiger partial charge < -0.3 is 30.3 Å². The summed E-state index contributed by atoms with van der Waals surface area (Å²) in [6, 6.07) is 19.8. The van der Waals surface area contributed by atoms with Crippen LogP contribution in [0.3, 0.4) is 0 Å². The van der Waals surface area contributed by atoms with Crippen LogP contribution < -0.4 is 20.5 Å². The van der Waals surface area contributed by atoms with Crippen molar-refractivity contribution in [1.29, 1.82) is 0 Å². The maximum absolute atomic E-state index is 12.0. The quantitative estimate of drug-likeness (QED) is 0.158. The van der Waals surface area contributed by atoms with Crippen molar-refractivity contribution in [2.75, 3.05) is 32.6 Å². The average molecular weight is 1160 g/mol. The Morgan fingerprint density at radius 3 is 1.73 bits per heavy atom. The maximum Gasteiger partial charge on any atom is 0.219 e. The van der Waals surface area contributed by atoms with Gasteiger partial charge in [0.2, 0.25) is 11.8 Å². The molecule has 324 valence electrons. The first-order valence-electron chi connectivity index (χ1n) is 20.9. The summed E-state index contributed by atoms with van der Waals surface area (Å²) < 4.78 is 42.1. The number of carbonyl (C=O) groups is 2. The number of amides is 2. The molecule has 0 radical (unpaired) electrons. The summed E-state index contributed by atoms with van der Waals surface area (Å²) >= 11 is 18.5. The molecule has 3 N–H and O–H groups in total. The molecule has 0 fully saturated rings. The Kier molecular flexibility index (Phi) is 16.5. The Labute approximate surface area is 417 Å². The van der Waals surface area contributed by atoms with E-state index in [4.69, 9.17) is 73.6 Å². The number of hydrogen-bond donors (Lipinski definition) is 2. The first kappa shape index (κ1) is 44.8. The minimum Gasteiger partial charge on any atom is -0.495 e. The van der Waals surface area contributed by atoms with Crippen LogP contribution in [0.2, 0.25) is 15.1 Å². The number of pyridine rings is 2. The van der Waals surface area contributed by atoms with Gasteiger partial charge in [0.15, 0.2) is 11.4 Å². The zero-order valence-electron chi connectivity index (χ0n) is 38.6. The van der Waals surface area contributed by atoms with Crippen LogP contribution in [0.15, 0.2) is 72.8 Å². The molecule has 2 amide bonds. The zero-order valence-corrected chi connectivity index (χ0v) is 41.9. The minimum absolute atomic E-state index is 0. The fourth-order valence-corrected chi connectivity index (χ4v) is 7.70. The Morgan fingerprint density at radius 2 is 1.24 bits per heavy atom. The normalized spacial score (nSPS) is 13.7. The summed E-state index contributed by atoms with van der Waals surface area (Å²) in [6.07, 6.45) is 1.29. The van der Waals surface area contributed by atoms with E-state index in [1.54, 1.807) is 71.3 Å². The van der Waals surface area contributed by atoms with E-state index in [0.29, 0.717) is 98.3 Å². The minimum atomic E-state index is -2.00. The van der Waals surface area contributed by atoms with Crippen LogP contribution >= 0.6 is 47.2 Å². The van der Waals surface area contributed by atoms with E-state index in [2.05, 4.69) is 20.0 Å². The number of rotatable bonds is 6. The van der Waals surface area contributed by atoms with E-state index in [-0.39, 0.29) is 55.3 Å². The number of anilines is 1. The topological polar surface area (TPSA) is 132 Å². The Morgan fingerprint density at radius 1 is 0.762 bits per heavy atom. The number of halogens is 4. The Balaban J connectivity index is 0.000000239. The molecule has 0 saturated carbocycles. The molecule has 0 aliphatic carbocycles. The number of nitrogens with one attached hydrogen (secondary N) is 1. The average Bonchev–Trinajstić information content (AvgIpc) is 3.28. The second kappa shape index (κ2) is 23.2. The number of nitrogens with two attached hydrogens (primary N) is 1. The molecular weight excluding hydrogens is 1110 g/mol. The fraction of sp³-hybridized carbons (Fsp3) is 0.261. The number of methoxy groups -OCH3 is 2. The van der Waals surface area contributed by atoms with Gasteiger partial charge in [-0.3, -0.25) is 19.6 Å². The van der Waals surface area contributed by atoms with Crippen molar-refractivity contribution >= 4 is 97.9 Å². The molecule has 17 heteroatoms. The molecule has 0 unspecified atom stereocenters. The number of aromatic nitrogens is 2. The van der Waals surface area contributed by atoms with Gasteiger partial charge in [0.25, 0.3) is 0 Å². The summed E-state index contributed by atoms with van der Waals surface area (Å²) in [4.78, 5) is 43.3. The van der Waals surface area contributed by atoms with Gasteiger partial charge in [0.1, 0.15) is 11.5 Å². The van der Waals surface area contributed by atoms with Crippen molar-refractivity contribution in [2.24, 2.45) is 5.73 Å². The molecule has 0 saturated heterocycles. The summed E-state index contributed by atoms with van der Waals surface area (Å²) in [5.74, 6) is 0.953. The van der Waals surface area contributed by atoms with E-state index in [1.807, 2.05) is 6.07 Å². The van der Waals surface area contributed by atoms with Crippen LogP contribution in [0.25, 0.3) is 31.5 Å². The number of carbonyl (C=O) groups excluding carboxylic acids is 2. The first-order valence-corrected chi connectivity index (χ1v) is 20.0. The summed E-state index contributed by atoms with van der Waals surface area (Å²) in [5, 5.41) is 5.72. The molecule has 4 heterocycles. The monoisotopic (exact) mass is 1150 g/mol. The van der Waals surface area contributed by atoms with Crippen LogP contribution in [0.4, 0.5) is 17.1 Å². The SMILES string of the molecule is Cl.[2H]C([2H])(N)c1ccc(OC)c(Cl)c1.[2H]C([2H])(Nc1c2c(nc3ccc([N+]#[C-])cc13)CCN(C(C)=O)C2)c1ccc(OC)c(Cl)c1.[C-]#[N+]c1ccc2nc3c(c(Cl)c2c1)CN(C(C)=O)CC3.[U]. The van der Waals surface area contributed by atoms with E-state index in [9.17, 15) is 9.59 Å². The largest absolute Gasteiger partial charge is 0.495 e. The first-order chi connectivity index (χ1) is 30.8. The molecule has 0 spiro atoms. The second-order valence-corrected chi connectivity index (χ2v) is 15.1. The van der Waals surface area contributed by atoms with E-state index >= 15 is 0 Å². The van der Waals surface area contributed by atoms with Crippen LogP contribution in [-0.2, 0) is 48.5 Å². The summed E-state index contributed by atoms with van der Waals surface area (Å²) in [7, 11) is 3.00. The van der Waals surface area contributed by atoms with Crippen molar-refractivity contribution in [2.45, 2.75) is 52.8 Å². The van der Waals surface area contributed by atoms with E-state index < -0.39 is 13.0 Å². The van der Waals surface area contributed by atoms with E-state index in [0.717, 1.165) is 39.8 Å². The van der Waals surface area contributed by atoms with Crippen LogP contribution in [0.5, 0.6) is 11.5 Å². The molecule has 6 aromatic rings. The van der Waals surface area contributed by atoms with Gasteiger partial charge >= 0.3 is 0 Å². The van der Waals surface area contributed by atoms with Crippen molar-refractivity contribution < 1.29 is 55.7 Å². The number of fused-ring (bicyclic) bond motifs is 4. The summed E-state index contributed by atoms with van der Waals surface area (Å²) in [6.45, 7) is 15.7. The van der Waals surface area contributed by atoms with Crippen molar-refractivity contribution in [3.05, 3.63) is 144 Å². The Bertz CT molecular complexity index is 2930. The molecule has 2 aliphatic rings. The fourth-order valence-electron chi connectivity index (χ4n) is 6.86. The predicted molar refractivity (Wildman–Crippen MR) is 249 cm³/mol. The zero-order chi connectivity index (χ0) is 47.4. The van der Waals surface area contributed by atoms with Gasteiger partial charge in [-0.05, 0) is 59.7 Å². The smallest absolute Gasteiger partial charge is 0.219 e. The third kappa shape index (κ3) is 12.1. The van der Waals surface area contributed by atoms with Crippen LogP contribution in [0.1, 0.15) is 53.0 Å². The van der Waals surface area contributed by atoms with Gasteiger partial charge in [-0.1, -0.05) is 59.1 Å². The van der Waals surface area contributed by atoms with Gasteiger partial charge in [0.05, 0.1) is 56.2 Å². The van der Waals surface area contributed by atoms with Gasteiger partial charge in [0, 0.05) is 139 Å². The molecule has 2 aliphatic heterocycles. The molecule has 4 aromatic carbocycles. The van der Waals surface area contributed by atoms with Gasteiger partial charge in [-0.15, -0.1) is 12.4 Å². The molecule has 63 heavy (non-hydrogen) atoms. The molecule has 12 nitrogen and oxygen atoms in total. The third-order valence-corrected chi connectivity index (χ3v) is 11.1. The molecule has 2 aromatic heterocycles. The van der Waals surface area contributed by atoms with Crippen LogP contribution in [-0.4, -0.2) is 58.9 Å². The number of hydrogen-bond acceptors (Lipinski definition) is 8.